The number of benzene rings is 2. The number of hydrogen-bond donors (Lipinski definition) is 1. The highest BCUT2D eigenvalue weighted by Gasteiger charge is 2.09. The average Bonchev–Trinajstić information content (AvgIpc) is 2.99. The van der Waals surface area contributed by atoms with Crippen LogP contribution in [0.2, 0.25) is 0 Å². The highest BCUT2D eigenvalue weighted by atomic mass is 19.1. The molecule has 5 heteroatoms. The van der Waals surface area contributed by atoms with Gasteiger partial charge >= 0.3 is 0 Å². The van der Waals surface area contributed by atoms with Gasteiger partial charge in [0.15, 0.2) is 0 Å². The topological polar surface area (TPSA) is 46.9 Å². The number of carbonyl (C=O) groups excluding carboxylic acids is 1. The van der Waals surface area contributed by atoms with Crippen LogP contribution in [0.1, 0.15) is 24.7 Å². The van der Waals surface area contributed by atoms with Crippen LogP contribution < -0.4 is 5.32 Å². The number of aromatic nitrogens is 2. The zero-order chi connectivity index (χ0) is 18.4. The molecule has 1 aromatic heterocycles. The molecule has 0 aliphatic rings. The minimum absolute atomic E-state index is 0.174. The van der Waals surface area contributed by atoms with Crippen LogP contribution >= 0.6 is 0 Å². The summed E-state index contributed by atoms with van der Waals surface area (Å²) < 4.78 is 15.1. The van der Waals surface area contributed by atoms with Gasteiger partial charge in [-0.05, 0) is 42.3 Å². The van der Waals surface area contributed by atoms with Gasteiger partial charge in [-0.2, -0.15) is 0 Å². The molecule has 0 saturated heterocycles. The van der Waals surface area contributed by atoms with E-state index in [0.29, 0.717) is 13.0 Å². The molecule has 0 bridgehead atoms. The van der Waals surface area contributed by atoms with Crippen LogP contribution in [-0.2, 0) is 17.8 Å². The van der Waals surface area contributed by atoms with Crippen molar-refractivity contribution in [2.75, 3.05) is 6.54 Å². The van der Waals surface area contributed by atoms with E-state index >= 15 is 0 Å². The van der Waals surface area contributed by atoms with E-state index in [-0.39, 0.29) is 11.7 Å². The van der Waals surface area contributed by atoms with Crippen LogP contribution in [0.4, 0.5) is 4.39 Å². The fraction of sp³-hybridized carbons (Fsp3) is 0.238. The van der Waals surface area contributed by atoms with Crippen LogP contribution in [-0.4, -0.2) is 22.0 Å². The highest BCUT2D eigenvalue weighted by molar-refractivity contribution is 5.91. The molecule has 0 unspecified atom stereocenters. The van der Waals surface area contributed by atoms with Gasteiger partial charge < -0.3 is 9.88 Å². The third-order valence-electron chi connectivity index (χ3n) is 4.13. The van der Waals surface area contributed by atoms with Crippen LogP contribution in [0.5, 0.6) is 0 Å². The largest absolute Gasteiger partial charge is 0.352 e. The number of hydrogen-bond acceptors (Lipinski definition) is 2. The Morgan fingerprint density at radius 2 is 1.96 bits per heavy atom. The fourth-order valence-corrected chi connectivity index (χ4v) is 2.89. The summed E-state index contributed by atoms with van der Waals surface area (Å²) >= 11 is 0. The van der Waals surface area contributed by atoms with Gasteiger partial charge in [-0.3, -0.25) is 4.79 Å². The number of carbonyl (C=O) groups is 1. The molecule has 26 heavy (non-hydrogen) atoms. The average molecular weight is 351 g/mol. The normalized spacial score (nSPS) is 11.3. The molecule has 0 aliphatic carbocycles. The van der Waals surface area contributed by atoms with E-state index in [2.05, 4.69) is 27.9 Å². The predicted octanol–water partition coefficient (Wildman–Crippen LogP) is 3.96. The van der Waals surface area contributed by atoms with Crippen LogP contribution in [0.25, 0.3) is 17.1 Å². The molecule has 1 N–H and O–H groups in total. The molecule has 0 spiro atoms. The maximum Gasteiger partial charge on any atom is 0.244 e. The molecule has 3 aromatic rings. The molecule has 3 rings (SSSR count). The molecule has 2 aromatic carbocycles. The van der Waals surface area contributed by atoms with Gasteiger partial charge in [0.05, 0.1) is 11.0 Å². The minimum atomic E-state index is -0.290. The molecule has 4 nitrogen and oxygen atoms in total. The van der Waals surface area contributed by atoms with Crippen molar-refractivity contribution in [2.24, 2.45) is 0 Å². The first-order chi connectivity index (χ1) is 12.7. The number of nitrogens with zero attached hydrogens (tertiary/aromatic N) is 2. The van der Waals surface area contributed by atoms with Gasteiger partial charge in [-0.15, -0.1) is 0 Å². The maximum atomic E-state index is 12.9. The second-order valence-electron chi connectivity index (χ2n) is 6.09. The van der Waals surface area contributed by atoms with E-state index < -0.39 is 0 Å². The number of aryl methyl sites for hydroxylation is 1. The van der Waals surface area contributed by atoms with Crippen molar-refractivity contribution >= 4 is 23.0 Å². The maximum absolute atomic E-state index is 12.9. The molecule has 0 saturated carbocycles. The molecule has 0 radical (unpaired) electrons. The minimum Gasteiger partial charge on any atom is -0.352 e. The van der Waals surface area contributed by atoms with E-state index in [4.69, 9.17) is 0 Å². The molecule has 134 valence electrons. The Kier molecular flexibility index (Phi) is 5.79. The van der Waals surface area contributed by atoms with Crippen molar-refractivity contribution in [2.45, 2.75) is 26.3 Å². The van der Waals surface area contributed by atoms with Gasteiger partial charge in [-0.1, -0.05) is 31.2 Å². The first-order valence-electron chi connectivity index (χ1n) is 8.83. The fourth-order valence-electron chi connectivity index (χ4n) is 2.89. The summed E-state index contributed by atoms with van der Waals surface area (Å²) in [5.41, 5.74) is 2.90. The number of fused-ring (bicyclic) bond motifs is 1. The van der Waals surface area contributed by atoms with E-state index in [0.717, 1.165) is 35.4 Å². The van der Waals surface area contributed by atoms with Gasteiger partial charge in [0.2, 0.25) is 5.91 Å². The smallest absolute Gasteiger partial charge is 0.244 e. The van der Waals surface area contributed by atoms with Crippen molar-refractivity contribution in [1.82, 2.24) is 14.9 Å². The lowest BCUT2D eigenvalue weighted by atomic mass is 10.2. The number of halogens is 1. The van der Waals surface area contributed by atoms with Crippen molar-refractivity contribution in [1.29, 1.82) is 0 Å². The lowest BCUT2D eigenvalue weighted by Gasteiger charge is -2.08. The summed E-state index contributed by atoms with van der Waals surface area (Å²) in [6, 6.07) is 14.1. The number of nitrogens with one attached hydrogen (secondary N) is 1. The standard InChI is InChI=1S/C21H22FN3O/c1-2-15-25-19-6-4-3-5-18(19)24-20(25)13-14-23-21(26)12-9-16-7-10-17(22)11-8-16/h3-12H,2,13-15H2,1H3,(H,23,26)/b12-9+. The number of rotatable bonds is 7. The zero-order valence-corrected chi connectivity index (χ0v) is 14.8. The van der Waals surface area contributed by atoms with Gasteiger partial charge in [0.25, 0.3) is 0 Å². The highest BCUT2D eigenvalue weighted by Crippen LogP contribution is 2.16. The molecule has 1 amide bonds. The predicted molar refractivity (Wildman–Crippen MR) is 102 cm³/mol. The summed E-state index contributed by atoms with van der Waals surface area (Å²) in [5.74, 6) is 0.518. The van der Waals surface area contributed by atoms with Crippen molar-refractivity contribution in [3.63, 3.8) is 0 Å². The Bertz CT molecular complexity index is 913. The van der Waals surface area contributed by atoms with E-state index in [1.807, 2.05) is 18.2 Å². The Hall–Kier alpha value is -2.95. The lowest BCUT2D eigenvalue weighted by Crippen LogP contribution is -2.24. The van der Waals surface area contributed by atoms with Crippen LogP contribution in [0, 0.1) is 5.82 Å². The quantitative estimate of drug-likeness (QED) is 0.655. The van der Waals surface area contributed by atoms with E-state index in [1.54, 1.807) is 18.2 Å². The summed E-state index contributed by atoms with van der Waals surface area (Å²) in [4.78, 5) is 16.6. The summed E-state index contributed by atoms with van der Waals surface area (Å²) in [6.45, 7) is 3.56. The SMILES string of the molecule is CCCn1c(CCNC(=O)/C=C/c2ccc(F)cc2)nc2ccccc21. The van der Waals surface area contributed by atoms with Crippen LogP contribution in [0.15, 0.2) is 54.6 Å². The summed E-state index contributed by atoms with van der Waals surface area (Å²) in [6.07, 6.45) is 4.83. The first kappa shape index (κ1) is 17.9. The lowest BCUT2D eigenvalue weighted by molar-refractivity contribution is -0.116. The second kappa shape index (κ2) is 8.43. The van der Waals surface area contributed by atoms with Crippen molar-refractivity contribution < 1.29 is 9.18 Å². The molecular weight excluding hydrogens is 329 g/mol. The molecule has 0 fully saturated rings. The zero-order valence-electron chi connectivity index (χ0n) is 14.8. The van der Waals surface area contributed by atoms with Crippen molar-refractivity contribution in [3.8, 4) is 0 Å². The molecule has 0 atom stereocenters. The van der Waals surface area contributed by atoms with Crippen molar-refractivity contribution in [3.05, 3.63) is 71.8 Å². The van der Waals surface area contributed by atoms with Gasteiger partial charge in [0.1, 0.15) is 11.6 Å². The summed E-state index contributed by atoms with van der Waals surface area (Å²) in [7, 11) is 0. The molecule has 1 heterocycles. The van der Waals surface area contributed by atoms with Crippen LogP contribution in [0.3, 0.4) is 0 Å². The Balaban J connectivity index is 1.59. The third-order valence-corrected chi connectivity index (χ3v) is 4.13. The Labute approximate surface area is 152 Å². The van der Waals surface area contributed by atoms with E-state index in [1.165, 1.54) is 18.2 Å². The van der Waals surface area contributed by atoms with Gasteiger partial charge in [0, 0.05) is 25.6 Å². The first-order valence-corrected chi connectivity index (χ1v) is 8.83. The van der Waals surface area contributed by atoms with E-state index in [9.17, 15) is 9.18 Å². The molecule has 0 aliphatic heterocycles. The molecular formula is C21H22FN3O. The Morgan fingerprint density at radius 1 is 1.19 bits per heavy atom. The monoisotopic (exact) mass is 351 g/mol. The second-order valence-corrected chi connectivity index (χ2v) is 6.09. The summed E-state index contributed by atoms with van der Waals surface area (Å²) in [5, 5.41) is 2.87. The van der Waals surface area contributed by atoms with Gasteiger partial charge in [-0.25, -0.2) is 9.37 Å². The number of para-hydroxylation sites is 2. The number of amides is 1. The third kappa shape index (κ3) is 4.36. The Morgan fingerprint density at radius 3 is 2.73 bits per heavy atom. The number of imidazole rings is 1.